The van der Waals surface area contributed by atoms with Crippen LogP contribution in [0.25, 0.3) is 0 Å². The van der Waals surface area contributed by atoms with E-state index in [0.29, 0.717) is 34.8 Å². The number of benzene rings is 2. The number of thiocarbonyl (C=S) groups is 1. The Balaban J connectivity index is 1.95. The number of hydrogen-bond acceptors (Lipinski definition) is 5. The van der Waals surface area contributed by atoms with Crippen molar-refractivity contribution in [3.63, 3.8) is 0 Å². The van der Waals surface area contributed by atoms with Gasteiger partial charge in [0.05, 0.1) is 18.3 Å². The summed E-state index contributed by atoms with van der Waals surface area (Å²) < 4.78 is 16.9. The first-order valence-electron chi connectivity index (χ1n) is 9.21. The Morgan fingerprint density at radius 1 is 1.14 bits per heavy atom. The van der Waals surface area contributed by atoms with Crippen LogP contribution in [0.1, 0.15) is 23.6 Å². The number of hydrazone groups is 1. The average Bonchev–Trinajstić information content (AvgIpc) is 2.69. The van der Waals surface area contributed by atoms with Crippen molar-refractivity contribution in [3.05, 3.63) is 52.0 Å². The molecule has 156 valence electrons. The summed E-state index contributed by atoms with van der Waals surface area (Å²) in [6.45, 7) is 7.51. The molecule has 0 saturated carbocycles. The normalized spacial score (nSPS) is 10.7. The lowest BCUT2D eigenvalue weighted by Crippen LogP contribution is -2.31. The Bertz CT molecular complexity index is 874. The number of methoxy groups -OCH3 is 1. The molecule has 2 aromatic rings. The van der Waals surface area contributed by atoms with E-state index in [1.165, 1.54) is 11.1 Å². The molecule has 2 rings (SSSR count). The molecule has 0 fully saturated rings. The number of halogens is 1. The summed E-state index contributed by atoms with van der Waals surface area (Å²) in [4.78, 5) is 0. The molecule has 0 unspecified atom stereocenters. The van der Waals surface area contributed by atoms with Gasteiger partial charge in [-0.2, -0.15) is 5.10 Å². The van der Waals surface area contributed by atoms with Gasteiger partial charge in [-0.3, -0.25) is 5.43 Å². The third-order valence-electron chi connectivity index (χ3n) is 4.05. The van der Waals surface area contributed by atoms with Crippen LogP contribution < -0.4 is 25.0 Å². The summed E-state index contributed by atoms with van der Waals surface area (Å²) in [7, 11) is 1.56. The van der Waals surface area contributed by atoms with Crippen molar-refractivity contribution < 1.29 is 14.2 Å². The minimum Gasteiger partial charge on any atom is -0.493 e. The molecule has 2 aromatic carbocycles. The summed E-state index contributed by atoms with van der Waals surface area (Å²) in [6.07, 6.45) is 1.60. The highest BCUT2D eigenvalue weighted by Crippen LogP contribution is 2.36. The fourth-order valence-electron chi connectivity index (χ4n) is 2.43. The maximum atomic E-state index is 6.37. The van der Waals surface area contributed by atoms with Crippen molar-refractivity contribution in [3.8, 4) is 17.2 Å². The zero-order valence-electron chi connectivity index (χ0n) is 17.0. The van der Waals surface area contributed by atoms with E-state index in [1.54, 1.807) is 25.5 Å². The molecule has 8 heteroatoms. The number of nitrogens with one attached hydrogen (secondary N) is 2. The molecule has 0 aliphatic rings. The van der Waals surface area contributed by atoms with Crippen molar-refractivity contribution in [2.75, 3.05) is 26.9 Å². The smallest absolute Gasteiger partial charge is 0.186 e. The maximum Gasteiger partial charge on any atom is 0.186 e. The zero-order chi connectivity index (χ0) is 21.2. The van der Waals surface area contributed by atoms with Gasteiger partial charge in [0.2, 0.25) is 0 Å². The second kappa shape index (κ2) is 11.5. The van der Waals surface area contributed by atoms with Gasteiger partial charge in [-0.15, -0.1) is 0 Å². The molecule has 0 radical (unpaired) electrons. The number of rotatable bonds is 9. The van der Waals surface area contributed by atoms with Crippen LogP contribution in [0.5, 0.6) is 17.2 Å². The Morgan fingerprint density at radius 3 is 2.59 bits per heavy atom. The summed E-state index contributed by atoms with van der Waals surface area (Å²) in [5, 5.41) is 7.89. The highest BCUT2D eigenvalue weighted by atomic mass is 35.5. The van der Waals surface area contributed by atoms with Crippen LogP contribution in [0.4, 0.5) is 0 Å². The van der Waals surface area contributed by atoms with Gasteiger partial charge in [0.25, 0.3) is 0 Å². The van der Waals surface area contributed by atoms with Crippen molar-refractivity contribution in [1.82, 2.24) is 10.7 Å². The predicted molar refractivity (Wildman–Crippen MR) is 122 cm³/mol. The molecule has 0 aliphatic carbocycles. The van der Waals surface area contributed by atoms with Gasteiger partial charge in [-0.25, -0.2) is 0 Å². The monoisotopic (exact) mass is 435 g/mol. The molecule has 0 atom stereocenters. The van der Waals surface area contributed by atoms with Crippen LogP contribution in [0.3, 0.4) is 0 Å². The minimum absolute atomic E-state index is 0.328. The van der Waals surface area contributed by atoms with E-state index < -0.39 is 0 Å². The van der Waals surface area contributed by atoms with Crippen molar-refractivity contribution in [2.24, 2.45) is 5.10 Å². The summed E-state index contributed by atoms with van der Waals surface area (Å²) in [5.41, 5.74) is 5.89. The molecule has 0 aliphatic heterocycles. The first-order valence-corrected chi connectivity index (χ1v) is 10.0. The topological polar surface area (TPSA) is 64.1 Å². The second-order valence-electron chi connectivity index (χ2n) is 6.21. The van der Waals surface area contributed by atoms with E-state index >= 15 is 0 Å². The average molecular weight is 436 g/mol. The van der Waals surface area contributed by atoms with Gasteiger partial charge in [-0.1, -0.05) is 17.7 Å². The van der Waals surface area contributed by atoms with E-state index in [0.717, 1.165) is 17.9 Å². The van der Waals surface area contributed by atoms with Gasteiger partial charge in [-0.05, 0) is 73.9 Å². The fraction of sp³-hybridized carbons (Fsp3) is 0.333. The van der Waals surface area contributed by atoms with Gasteiger partial charge < -0.3 is 19.5 Å². The van der Waals surface area contributed by atoms with E-state index in [2.05, 4.69) is 29.7 Å². The van der Waals surface area contributed by atoms with Gasteiger partial charge in [0.15, 0.2) is 16.6 Å². The molecular formula is C21H26ClN3O3S. The Kier molecular flexibility index (Phi) is 9.02. The Morgan fingerprint density at radius 2 is 1.90 bits per heavy atom. The lowest BCUT2D eigenvalue weighted by molar-refractivity contribution is 0.211. The zero-order valence-corrected chi connectivity index (χ0v) is 18.6. The lowest BCUT2D eigenvalue weighted by Gasteiger charge is -2.14. The maximum absolute atomic E-state index is 6.37. The Hall–Kier alpha value is -2.51. The first-order chi connectivity index (χ1) is 13.9. The molecule has 0 amide bonds. The van der Waals surface area contributed by atoms with E-state index in [-0.39, 0.29) is 0 Å². The lowest BCUT2D eigenvalue weighted by atomic mass is 10.1. The summed E-state index contributed by atoms with van der Waals surface area (Å²) in [6, 6.07) is 9.51. The van der Waals surface area contributed by atoms with Gasteiger partial charge in [0, 0.05) is 6.54 Å². The molecule has 6 nitrogen and oxygen atoms in total. The van der Waals surface area contributed by atoms with E-state index in [1.807, 2.05) is 25.1 Å². The molecule has 0 spiro atoms. The minimum atomic E-state index is 0.328. The van der Waals surface area contributed by atoms with Gasteiger partial charge >= 0.3 is 0 Å². The number of nitrogens with zero attached hydrogens (tertiary/aromatic N) is 1. The third kappa shape index (κ3) is 7.11. The molecule has 0 heterocycles. The van der Waals surface area contributed by atoms with Crippen molar-refractivity contribution in [2.45, 2.75) is 20.8 Å². The van der Waals surface area contributed by atoms with Crippen LogP contribution >= 0.6 is 23.8 Å². The second-order valence-corrected chi connectivity index (χ2v) is 7.02. The van der Waals surface area contributed by atoms with Crippen LogP contribution in [0.2, 0.25) is 5.02 Å². The van der Waals surface area contributed by atoms with Crippen LogP contribution in [0, 0.1) is 13.8 Å². The molecular weight excluding hydrogens is 410 g/mol. The molecule has 29 heavy (non-hydrogen) atoms. The highest BCUT2D eigenvalue weighted by Gasteiger charge is 2.12. The fourth-order valence-corrected chi connectivity index (χ4v) is 2.90. The van der Waals surface area contributed by atoms with Crippen molar-refractivity contribution >= 4 is 35.1 Å². The standard InChI is InChI=1S/C21H26ClN3O3S/c1-5-23-21(29)25-24-13-16-11-18(22)20(19(12-16)26-4)28-9-8-27-17-7-6-14(2)15(3)10-17/h6-7,10-13H,5,8-9H2,1-4H3,(H2,23,25,29)/b24-13+. The van der Waals surface area contributed by atoms with E-state index in [9.17, 15) is 0 Å². The SMILES string of the molecule is CCNC(=S)N/N=C/c1cc(Cl)c(OCCOc2ccc(C)c(C)c2)c(OC)c1. The van der Waals surface area contributed by atoms with E-state index in [4.69, 9.17) is 38.0 Å². The molecule has 2 N–H and O–H groups in total. The third-order valence-corrected chi connectivity index (χ3v) is 4.56. The Labute approximate surface area is 182 Å². The molecule has 0 saturated heterocycles. The number of hydrogen-bond donors (Lipinski definition) is 2. The number of ether oxygens (including phenoxy) is 3. The molecule has 0 bridgehead atoms. The largest absolute Gasteiger partial charge is 0.493 e. The van der Waals surface area contributed by atoms with Gasteiger partial charge in [0.1, 0.15) is 19.0 Å². The quantitative estimate of drug-likeness (QED) is 0.266. The van der Waals surface area contributed by atoms with Crippen LogP contribution in [-0.4, -0.2) is 38.2 Å². The predicted octanol–water partition coefficient (Wildman–Crippen LogP) is 4.24. The molecule has 0 aromatic heterocycles. The summed E-state index contributed by atoms with van der Waals surface area (Å²) >= 11 is 11.4. The van der Waals surface area contributed by atoms with Crippen LogP contribution in [-0.2, 0) is 0 Å². The first kappa shape index (κ1) is 22.8. The highest BCUT2D eigenvalue weighted by molar-refractivity contribution is 7.80. The number of aryl methyl sites for hydroxylation is 2. The summed E-state index contributed by atoms with van der Waals surface area (Å²) in [5.74, 6) is 1.79. The van der Waals surface area contributed by atoms with Crippen LogP contribution in [0.15, 0.2) is 35.4 Å². The van der Waals surface area contributed by atoms with Crippen molar-refractivity contribution in [1.29, 1.82) is 0 Å².